The van der Waals surface area contributed by atoms with E-state index in [1.807, 2.05) is 11.3 Å². The van der Waals surface area contributed by atoms with Gasteiger partial charge in [-0.1, -0.05) is 19.8 Å². The maximum atomic E-state index is 5.07. The number of hydrogen-bond donors (Lipinski definition) is 1. The Hall–Kier alpha value is -0.410. The van der Waals surface area contributed by atoms with Crippen molar-refractivity contribution in [1.29, 1.82) is 0 Å². The lowest BCUT2D eigenvalue weighted by atomic mass is 9.91. The first-order valence-electron chi connectivity index (χ1n) is 8.08. The van der Waals surface area contributed by atoms with Crippen molar-refractivity contribution in [3.05, 3.63) is 15.6 Å². The van der Waals surface area contributed by atoms with E-state index in [0.29, 0.717) is 5.92 Å². The minimum atomic E-state index is 0.682. The van der Waals surface area contributed by atoms with E-state index in [9.17, 15) is 0 Å². The largest absolute Gasteiger partial charge is 0.316 e. The predicted octanol–water partition coefficient (Wildman–Crippen LogP) is 4.22. The topological polar surface area (TPSA) is 24.9 Å². The molecule has 1 atom stereocenters. The second-order valence-electron chi connectivity index (χ2n) is 6.14. The molecule has 1 aromatic heterocycles. The fourth-order valence-electron chi connectivity index (χ4n) is 3.53. The first-order valence-corrected chi connectivity index (χ1v) is 8.90. The lowest BCUT2D eigenvalue weighted by Crippen LogP contribution is -2.24. The van der Waals surface area contributed by atoms with Crippen LogP contribution in [0.3, 0.4) is 0 Å². The van der Waals surface area contributed by atoms with E-state index in [2.05, 4.69) is 12.2 Å². The summed E-state index contributed by atoms with van der Waals surface area (Å²) in [6.45, 7) is 4.51. The maximum absolute atomic E-state index is 5.07. The Balaban J connectivity index is 1.71. The van der Waals surface area contributed by atoms with Crippen molar-refractivity contribution in [1.82, 2.24) is 10.3 Å². The molecule has 0 saturated heterocycles. The summed E-state index contributed by atoms with van der Waals surface area (Å²) < 4.78 is 0. The number of hydrogen-bond acceptors (Lipinski definition) is 3. The second-order valence-corrected chi connectivity index (χ2v) is 7.25. The molecule has 1 fully saturated rings. The van der Waals surface area contributed by atoms with E-state index in [0.717, 1.165) is 19.0 Å². The van der Waals surface area contributed by atoms with Crippen LogP contribution in [0.25, 0.3) is 0 Å². The molecule has 0 radical (unpaired) electrons. The quantitative estimate of drug-likeness (QED) is 0.816. The molecule has 3 heteroatoms. The van der Waals surface area contributed by atoms with Gasteiger partial charge in [-0.25, -0.2) is 4.98 Å². The zero-order valence-electron chi connectivity index (χ0n) is 12.1. The van der Waals surface area contributed by atoms with E-state index >= 15 is 0 Å². The van der Waals surface area contributed by atoms with Crippen LogP contribution >= 0.6 is 11.3 Å². The van der Waals surface area contributed by atoms with Gasteiger partial charge in [0.25, 0.3) is 0 Å². The van der Waals surface area contributed by atoms with Crippen molar-refractivity contribution in [2.75, 3.05) is 13.1 Å². The summed E-state index contributed by atoms with van der Waals surface area (Å²) in [5.41, 5.74) is 1.46. The number of rotatable bonds is 5. The number of aromatic nitrogens is 1. The molecule has 0 spiro atoms. The van der Waals surface area contributed by atoms with Gasteiger partial charge in [0.05, 0.1) is 10.7 Å². The fourth-order valence-corrected chi connectivity index (χ4v) is 4.89. The third-order valence-corrected chi connectivity index (χ3v) is 5.90. The minimum absolute atomic E-state index is 0.682. The average molecular weight is 278 g/mol. The highest BCUT2D eigenvalue weighted by molar-refractivity contribution is 7.11. The number of nitrogens with one attached hydrogen (secondary N) is 1. The molecule has 0 amide bonds. The van der Waals surface area contributed by atoms with E-state index in [4.69, 9.17) is 4.98 Å². The second kappa shape index (κ2) is 6.36. The Morgan fingerprint density at radius 3 is 2.84 bits per heavy atom. The molecule has 1 N–H and O–H groups in total. The Morgan fingerprint density at radius 1 is 1.21 bits per heavy atom. The fraction of sp³-hybridized carbons (Fsp3) is 0.812. The van der Waals surface area contributed by atoms with Crippen LogP contribution in [0.1, 0.15) is 79.3 Å². The monoisotopic (exact) mass is 278 g/mol. The van der Waals surface area contributed by atoms with Crippen molar-refractivity contribution >= 4 is 11.3 Å². The molecule has 1 heterocycles. The molecule has 1 unspecified atom stereocenters. The van der Waals surface area contributed by atoms with Gasteiger partial charge in [-0.05, 0) is 45.1 Å². The summed E-state index contributed by atoms with van der Waals surface area (Å²) in [6.07, 6.45) is 10.8. The smallest absolute Gasteiger partial charge is 0.0962 e. The molecule has 1 saturated carbocycles. The highest BCUT2D eigenvalue weighted by Gasteiger charge is 2.27. The zero-order chi connectivity index (χ0) is 13.1. The lowest BCUT2D eigenvalue weighted by Gasteiger charge is -2.21. The SMILES string of the molecule is CCCNCC1CCCc2sc(C3CCCC3)nc21. The highest BCUT2D eigenvalue weighted by Crippen LogP contribution is 2.41. The van der Waals surface area contributed by atoms with Crippen molar-refractivity contribution in [3.63, 3.8) is 0 Å². The van der Waals surface area contributed by atoms with E-state index < -0.39 is 0 Å². The third-order valence-electron chi connectivity index (χ3n) is 4.61. The van der Waals surface area contributed by atoms with Gasteiger partial charge in [0, 0.05) is 23.3 Å². The van der Waals surface area contributed by atoms with Crippen LogP contribution in [0, 0.1) is 0 Å². The summed E-state index contributed by atoms with van der Waals surface area (Å²) in [7, 11) is 0. The lowest BCUT2D eigenvalue weighted by molar-refractivity contribution is 0.500. The standard InChI is InChI=1S/C16H26N2S/c1-2-10-17-11-13-8-5-9-14-15(13)18-16(19-14)12-6-3-4-7-12/h12-13,17H,2-11H2,1H3. The molecule has 1 aromatic rings. The van der Waals surface area contributed by atoms with E-state index in [1.54, 1.807) is 4.88 Å². The van der Waals surface area contributed by atoms with E-state index in [1.165, 1.54) is 62.1 Å². The first kappa shape index (κ1) is 13.6. The Labute approximate surface area is 121 Å². The number of aryl methyl sites for hydroxylation is 1. The number of thiazole rings is 1. The summed E-state index contributed by atoms with van der Waals surface area (Å²) in [6, 6.07) is 0. The third kappa shape index (κ3) is 3.03. The van der Waals surface area contributed by atoms with Crippen LogP contribution in [0.4, 0.5) is 0 Å². The van der Waals surface area contributed by atoms with Gasteiger partial charge in [-0.3, -0.25) is 0 Å². The Morgan fingerprint density at radius 2 is 2.05 bits per heavy atom. The van der Waals surface area contributed by atoms with Gasteiger partial charge in [0.15, 0.2) is 0 Å². The van der Waals surface area contributed by atoms with Crippen LogP contribution in [-0.4, -0.2) is 18.1 Å². The van der Waals surface area contributed by atoms with Gasteiger partial charge < -0.3 is 5.32 Å². The van der Waals surface area contributed by atoms with Gasteiger partial charge in [0.2, 0.25) is 0 Å². The van der Waals surface area contributed by atoms with Crippen LogP contribution in [-0.2, 0) is 6.42 Å². The van der Waals surface area contributed by atoms with Crippen molar-refractivity contribution < 1.29 is 0 Å². The molecular formula is C16H26N2S. The van der Waals surface area contributed by atoms with E-state index in [-0.39, 0.29) is 0 Å². The molecule has 0 bridgehead atoms. The molecule has 0 aliphatic heterocycles. The average Bonchev–Trinajstić information content (AvgIpc) is 3.08. The first-order chi connectivity index (χ1) is 9.38. The summed E-state index contributed by atoms with van der Waals surface area (Å²) in [5.74, 6) is 1.47. The van der Waals surface area contributed by atoms with Crippen molar-refractivity contribution in [2.45, 2.75) is 70.1 Å². The normalized spacial score (nSPS) is 23.7. The highest BCUT2D eigenvalue weighted by atomic mass is 32.1. The summed E-state index contributed by atoms with van der Waals surface area (Å²) in [4.78, 5) is 6.68. The molecule has 2 aliphatic rings. The summed E-state index contributed by atoms with van der Waals surface area (Å²) >= 11 is 2.04. The van der Waals surface area contributed by atoms with Crippen molar-refractivity contribution in [3.8, 4) is 0 Å². The molecule has 2 nitrogen and oxygen atoms in total. The number of fused-ring (bicyclic) bond motifs is 1. The molecular weight excluding hydrogens is 252 g/mol. The Bertz CT molecular complexity index is 407. The molecule has 19 heavy (non-hydrogen) atoms. The van der Waals surface area contributed by atoms with Gasteiger partial charge >= 0.3 is 0 Å². The Kier molecular flexibility index (Phi) is 4.54. The van der Waals surface area contributed by atoms with Crippen LogP contribution in [0.2, 0.25) is 0 Å². The van der Waals surface area contributed by atoms with Gasteiger partial charge in [-0.2, -0.15) is 0 Å². The molecule has 106 valence electrons. The van der Waals surface area contributed by atoms with Gasteiger partial charge in [0.1, 0.15) is 0 Å². The van der Waals surface area contributed by atoms with Crippen LogP contribution < -0.4 is 5.32 Å². The van der Waals surface area contributed by atoms with Crippen LogP contribution in [0.15, 0.2) is 0 Å². The molecule has 0 aromatic carbocycles. The van der Waals surface area contributed by atoms with Crippen molar-refractivity contribution in [2.24, 2.45) is 0 Å². The molecule has 2 aliphatic carbocycles. The predicted molar refractivity (Wildman–Crippen MR) is 82.2 cm³/mol. The maximum Gasteiger partial charge on any atom is 0.0962 e. The zero-order valence-corrected chi connectivity index (χ0v) is 12.9. The summed E-state index contributed by atoms with van der Waals surface area (Å²) in [5, 5.41) is 5.05. The minimum Gasteiger partial charge on any atom is -0.316 e. The number of nitrogens with zero attached hydrogens (tertiary/aromatic N) is 1. The van der Waals surface area contributed by atoms with Gasteiger partial charge in [-0.15, -0.1) is 11.3 Å². The molecule has 3 rings (SSSR count). The van der Waals surface area contributed by atoms with Crippen LogP contribution in [0.5, 0.6) is 0 Å².